The molecule has 2 aliphatic carbocycles. The summed E-state index contributed by atoms with van der Waals surface area (Å²) in [5, 5.41) is 13.1. The molecule has 0 aromatic heterocycles. The van der Waals surface area contributed by atoms with E-state index in [0.29, 0.717) is 12.2 Å². The van der Waals surface area contributed by atoms with Crippen LogP contribution >= 0.6 is 0 Å². The van der Waals surface area contributed by atoms with Crippen molar-refractivity contribution in [1.29, 1.82) is 0 Å². The summed E-state index contributed by atoms with van der Waals surface area (Å²) in [5.41, 5.74) is 6.86. The minimum Gasteiger partial charge on any atom is -0.362 e. The molecule has 0 saturated carbocycles. The number of carbonyl (C=O) groups excluding carboxylic acids is 1. The molecule has 1 N–H and O–H groups in total. The quantitative estimate of drug-likeness (QED) is 0.626. The molecular formula is C26H33N3O. The molecule has 2 aliphatic heterocycles. The van der Waals surface area contributed by atoms with Crippen LogP contribution in [0.3, 0.4) is 0 Å². The number of aryl methyl sites for hydroxylation is 1. The number of hydrogen-bond donors (Lipinski definition) is 1. The third-order valence-corrected chi connectivity index (χ3v) is 7.12. The molecule has 30 heavy (non-hydrogen) atoms. The van der Waals surface area contributed by atoms with Gasteiger partial charge in [-0.3, -0.25) is 4.79 Å². The van der Waals surface area contributed by atoms with Crippen molar-refractivity contribution in [2.75, 3.05) is 0 Å². The number of azo groups is 1. The standard InChI is InChI=1S/C26H33N3O/c1-24(2,3)13-19-22-23(29-28-19)27-18-14-25(4,5)15-20(30)21(18)26(22)12-8-10-16-9-6-7-11-17(16)26/h6-7,9,11,23,27H,8,10,12-15H2,1-5H3. The largest absolute Gasteiger partial charge is 0.362 e. The Bertz CT molecular complexity index is 1020. The molecule has 2 atom stereocenters. The average molecular weight is 404 g/mol. The van der Waals surface area contributed by atoms with E-state index in [9.17, 15) is 4.79 Å². The maximum absolute atomic E-state index is 13.7. The van der Waals surface area contributed by atoms with Gasteiger partial charge in [-0.05, 0) is 54.1 Å². The zero-order chi connectivity index (χ0) is 21.3. The molecule has 1 aromatic carbocycles. The lowest BCUT2D eigenvalue weighted by Crippen LogP contribution is -2.53. The van der Waals surface area contributed by atoms with Crippen LogP contribution in [0.4, 0.5) is 0 Å². The molecule has 1 aromatic rings. The van der Waals surface area contributed by atoms with Crippen molar-refractivity contribution in [3.63, 3.8) is 0 Å². The van der Waals surface area contributed by atoms with Gasteiger partial charge in [0.25, 0.3) is 0 Å². The van der Waals surface area contributed by atoms with Crippen molar-refractivity contribution >= 4 is 5.78 Å². The van der Waals surface area contributed by atoms with E-state index in [4.69, 9.17) is 10.2 Å². The maximum atomic E-state index is 13.7. The van der Waals surface area contributed by atoms with Gasteiger partial charge in [-0.2, -0.15) is 10.2 Å². The number of hydrogen-bond acceptors (Lipinski definition) is 4. The predicted molar refractivity (Wildman–Crippen MR) is 119 cm³/mol. The highest BCUT2D eigenvalue weighted by Gasteiger charge is 2.56. The normalized spacial score (nSPS) is 29.6. The number of nitrogens with one attached hydrogen (secondary N) is 1. The van der Waals surface area contributed by atoms with Gasteiger partial charge in [0.2, 0.25) is 0 Å². The van der Waals surface area contributed by atoms with Gasteiger partial charge in [0.15, 0.2) is 11.9 Å². The highest BCUT2D eigenvalue weighted by Crippen LogP contribution is 2.58. The summed E-state index contributed by atoms with van der Waals surface area (Å²) in [4.78, 5) is 13.7. The van der Waals surface area contributed by atoms with Crippen molar-refractivity contribution in [2.24, 2.45) is 21.1 Å². The van der Waals surface area contributed by atoms with Gasteiger partial charge in [0, 0.05) is 23.3 Å². The zero-order valence-electron chi connectivity index (χ0n) is 18.9. The number of nitrogens with zero attached hydrogens (tertiary/aromatic N) is 2. The van der Waals surface area contributed by atoms with Gasteiger partial charge < -0.3 is 5.32 Å². The minimum atomic E-state index is -0.377. The summed E-state index contributed by atoms with van der Waals surface area (Å²) in [6.07, 6.45) is 5.37. The summed E-state index contributed by atoms with van der Waals surface area (Å²) in [6.45, 7) is 11.1. The lowest BCUT2D eigenvalue weighted by Gasteiger charge is -2.50. The Hall–Kier alpha value is -2.23. The first-order chi connectivity index (χ1) is 14.1. The van der Waals surface area contributed by atoms with Gasteiger partial charge in [-0.15, -0.1) is 0 Å². The van der Waals surface area contributed by atoms with Gasteiger partial charge in [0.1, 0.15) is 0 Å². The lowest BCUT2D eigenvalue weighted by atomic mass is 9.55. The molecule has 2 unspecified atom stereocenters. The van der Waals surface area contributed by atoms with E-state index in [1.165, 1.54) is 16.7 Å². The van der Waals surface area contributed by atoms with Crippen LogP contribution in [0.15, 0.2) is 57.0 Å². The minimum absolute atomic E-state index is 0.0243. The fourth-order valence-corrected chi connectivity index (χ4v) is 6.22. The molecule has 0 bridgehead atoms. The second kappa shape index (κ2) is 6.38. The first kappa shape index (κ1) is 19.7. The maximum Gasteiger partial charge on any atom is 0.165 e. The molecule has 4 heteroatoms. The summed E-state index contributed by atoms with van der Waals surface area (Å²) < 4.78 is 0. The number of ketones is 1. The number of Topliss-reactive ketones (excluding diaryl/α,β-unsaturated/α-hetero) is 1. The second-order valence-electron chi connectivity index (χ2n) is 11.6. The average Bonchev–Trinajstić information content (AvgIpc) is 3.02. The van der Waals surface area contributed by atoms with Crippen LogP contribution in [0.2, 0.25) is 0 Å². The molecule has 0 amide bonds. The van der Waals surface area contributed by atoms with Crippen LogP contribution in [-0.2, 0) is 16.6 Å². The zero-order valence-corrected chi connectivity index (χ0v) is 18.9. The van der Waals surface area contributed by atoms with Crippen molar-refractivity contribution in [3.8, 4) is 0 Å². The fraction of sp³-hybridized carbons (Fsp3) is 0.577. The fourth-order valence-electron chi connectivity index (χ4n) is 6.22. The van der Waals surface area contributed by atoms with E-state index < -0.39 is 0 Å². The Balaban J connectivity index is 1.81. The van der Waals surface area contributed by atoms with Crippen molar-refractivity contribution in [3.05, 3.63) is 57.9 Å². The topological polar surface area (TPSA) is 53.8 Å². The predicted octanol–water partition coefficient (Wildman–Crippen LogP) is 5.99. The highest BCUT2D eigenvalue weighted by atomic mass is 16.1. The number of rotatable bonds is 1. The van der Waals surface area contributed by atoms with E-state index in [1.54, 1.807) is 0 Å². The summed E-state index contributed by atoms with van der Waals surface area (Å²) in [6, 6.07) is 8.77. The Kier molecular flexibility index (Phi) is 4.20. The Morgan fingerprint density at radius 2 is 1.93 bits per heavy atom. The van der Waals surface area contributed by atoms with E-state index in [1.807, 2.05) is 0 Å². The Morgan fingerprint density at radius 3 is 2.70 bits per heavy atom. The highest BCUT2D eigenvalue weighted by molar-refractivity contribution is 6.01. The second-order valence-corrected chi connectivity index (χ2v) is 11.6. The lowest BCUT2D eigenvalue weighted by molar-refractivity contribution is -0.119. The molecule has 1 spiro atoms. The summed E-state index contributed by atoms with van der Waals surface area (Å²) in [7, 11) is 0. The van der Waals surface area contributed by atoms with Crippen molar-refractivity contribution < 1.29 is 4.79 Å². The first-order valence-electron chi connectivity index (χ1n) is 11.4. The van der Waals surface area contributed by atoms with Crippen LogP contribution in [0, 0.1) is 10.8 Å². The van der Waals surface area contributed by atoms with Crippen LogP contribution in [0.1, 0.15) is 77.8 Å². The van der Waals surface area contributed by atoms with Gasteiger partial charge in [0.05, 0.1) is 11.1 Å². The number of allylic oxidation sites excluding steroid dienone is 3. The molecule has 0 saturated heterocycles. The molecule has 0 radical (unpaired) electrons. The van der Waals surface area contributed by atoms with Gasteiger partial charge in [-0.1, -0.05) is 58.9 Å². The van der Waals surface area contributed by atoms with E-state index >= 15 is 0 Å². The summed E-state index contributed by atoms with van der Waals surface area (Å²) >= 11 is 0. The smallest absolute Gasteiger partial charge is 0.165 e. The van der Waals surface area contributed by atoms with Crippen LogP contribution < -0.4 is 5.32 Å². The van der Waals surface area contributed by atoms with Crippen LogP contribution in [-0.4, -0.2) is 11.9 Å². The first-order valence-corrected chi connectivity index (χ1v) is 11.4. The van der Waals surface area contributed by atoms with Crippen LogP contribution in [0.25, 0.3) is 0 Å². The van der Waals surface area contributed by atoms with Gasteiger partial charge in [-0.25, -0.2) is 0 Å². The van der Waals surface area contributed by atoms with Crippen molar-refractivity contribution in [1.82, 2.24) is 5.32 Å². The molecule has 0 fully saturated rings. The van der Waals surface area contributed by atoms with E-state index in [0.717, 1.165) is 49.1 Å². The van der Waals surface area contributed by atoms with Crippen LogP contribution in [0.5, 0.6) is 0 Å². The molecule has 2 heterocycles. The molecule has 5 rings (SSSR count). The number of benzene rings is 1. The van der Waals surface area contributed by atoms with Gasteiger partial charge >= 0.3 is 0 Å². The summed E-state index contributed by atoms with van der Waals surface area (Å²) in [5.74, 6) is 0.304. The third-order valence-electron chi connectivity index (χ3n) is 7.12. The Labute approximate surface area is 179 Å². The Morgan fingerprint density at radius 1 is 1.17 bits per heavy atom. The van der Waals surface area contributed by atoms with Crippen molar-refractivity contribution in [2.45, 2.75) is 84.7 Å². The molecule has 4 aliphatic rings. The SMILES string of the molecule is CC(C)(C)CC1=C2C(N=N1)NC1=C(C(=O)CC(C)(C)C1)C21CCCc2ccccc21. The number of carbonyl (C=O) groups is 1. The third kappa shape index (κ3) is 2.91. The van der Waals surface area contributed by atoms with E-state index in [2.05, 4.69) is 64.2 Å². The monoisotopic (exact) mass is 403 g/mol. The molecule has 4 nitrogen and oxygen atoms in total. The molecule has 158 valence electrons. The molecular weight excluding hydrogens is 370 g/mol. The number of fused-ring (bicyclic) bond motifs is 5. The van der Waals surface area contributed by atoms with E-state index in [-0.39, 0.29) is 22.4 Å².